The lowest BCUT2D eigenvalue weighted by Crippen LogP contribution is -2.33. The normalized spacial score (nSPS) is 26.6. The van der Waals surface area contributed by atoms with Gasteiger partial charge in [0, 0.05) is 18.5 Å². The molecule has 0 saturated carbocycles. The van der Waals surface area contributed by atoms with Gasteiger partial charge in [0.05, 0.1) is 22.6 Å². The van der Waals surface area contributed by atoms with Crippen molar-refractivity contribution in [2.45, 2.75) is 44.2 Å². The summed E-state index contributed by atoms with van der Waals surface area (Å²) in [6, 6.07) is 7.49. The smallest absolute Gasteiger partial charge is 0.164 e. The predicted octanol–water partition coefficient (Wildman–Crippen LogP) is 3.52. The standard InChI is InChI=1S/C22H20ClN5O4/c1-22(2)31-17-16(10-29-12-8-15-14(25-9-12)4-3-6-24-15)30-21(18(17)32-22)28-7-5-13-19(23)26-11-27-20(13)28/h3-9,11,16-18,21H,10H2,1-2H3/t16-,17-,18-,21-/m1/s1. The Morgan fingerprint density at radius 1 is 1.09 bits per heavy atom. The maximum absolute atomic E-state index is 6.37. The van der Waals surface area contributed by atoms with Gasteiger partial charge in [0.1, 0.15) is 47.8 Å². The molecule has 2 aliphatic rings. The number of nitrogens with zero attached hydrogens (tertiary/aromatic N) is 5. The van der Waals surface area contributed by atoms with Crippen LogP contribution >= 0.6 is 11.6 Å². The fourth-order valence-corrected chi connectivity index (χ4v) is 4.55. The van der Waals surface area contributed by atoms with Crippen LogP contribution in [0.1, 0.15) is 20.1 Å². The Hall–Kier alpha value is -2.85. The van der Waals surface area contributed by atoms with Gasteiger partial charge in [-0.25, -0.2) is 9.97 Å². The fourth-order valence-electron chi connectivity index (χ4n) is 4.35. The van der Waals surface area contributed by atoms with Gasteiger partial charge in [-0.1, -0.05) is 11.6 Å². The number of halogens is 1. The third kappa shape index (κ3) is 3.29. The third-order valence-electron chi connectivity index (χ3n) is 5.70. The molecule has 0 N–H and O–H groups in total. The molecule has 0 spiro atoms. The summed E-state index contributed by atoms with van der Waals surface area (Å²) in [6.45, 7) is 4.06. The molecule has 0 amide bonds. The summed E-state index contributed by atoms with van der Waals surface area (Å²) in [4.78, 5) is 17.2. The van der Waals surface area contributed by atoms with Crippen LogP contribution in [0.5, 0.6) is 5.75 Å². The van der Waals surface area contributed by atoms with E-state index in [2.05, 4.69) is 19.9 Å². The molecule has 164 valence electrons. The van der Waals surface area contributed by atoms with Crippen LogP contribution in [0.4, 0.5) is 0 Å². The van der Waals surface area contributed by atoms with Crippen LogP contribution in [0.15, 0.2) is 49.2 Å². The Labute approximate surface area is 188 Å². The van der Waals surface area contributed by atoms with Gasteiger partial charge in [0.2, 0.25) is 0 Å². The van der Waals surface area contributed by atoms with Gasteiger partial charge in [0.15, 0.2) is 12.0 Å². The highest BCUT2D eigenvalue weighted by molar-refractivity contribution is 6.33. The number of aromatic nitrogens is 5. The van der Waals surface area contributed by atoms with Crippen LogP contribution in [0.2, 0.25) is 5.15 Å². The van der Waals surface area contributed by atoms with Crippen molar-refractivity contribution in [1.82, 2.24) is 24.5 Å². The van der Waals surface area contributed by atoms with Crippen LogP contribution in [-0.2, 0) is 14.2 Å². The summed E-state index contributed by atoms with van der Waals surface area (Å²) < 4.78 is 26.7. The summed E-state index contributed by atoms with van der Waals surface area (Å²) in [5.41, 5.74) is 2.25. The molecule has 2 aliphatic heterocycles. The molecule has 4 aromatic heterocycles. The van der Waals surface area contributed by atoms with Gasteiger partial charge in [-0.15, -0.1) is 0 Å². The zero-order valence-corrected chi connectivity index (χ0v) is 18.1. The molecule has 4 atom stereocenters. The van der Waals surface area contributed by atoms with E-state index in [1.807, 2.05) is 48.9 Å². The highest BCUT2D eigenvalue weighted by Gasteiger charge is 2.56. The summed E-state index contributed by atoms with van der Waals surface area (Å²) >= 11 is 6.23. The minimum atomic E-state index is -0.736. The van der Waals surface area contributed by atoms with Gasteiger partial charge in [-0.2, -0.15) is 0 Å². The van der Waals surface area contributed by atoms with E-state index in [0.717, 1.165) is 16.4 Å². The average molecular weight is 454 g/mol. The Morgan fingerprint density at radius 3 is 2.88 bits per heavy atom. The monoisotopic (exact) mass is 453 g/mol. The van der Waals surface area contributed by atoms with Crippen molar-refractivity contribution < 1.29 is 18.9 Å². The van der Waals surface area contributed by atoms with E-state index < -0.39 is 12.0 Å². The highest BCUT2D eigenvalue weighted by atomic mass is 35.5. The summed E-state index contributed by atoms with van der Waals surface area (Å²) in [6.07, 6.45) is 5.27. The molecular weight excluding hydrogens is 434 g/mol. The Kier molecular flexibility index (Phi) is 4.55. The molecule has 0 aliphatic carbocycles. The van der Waals surface area contributed by atoms with Crippen molar-refractivity contribution in [2.75, 3.05) is 6.61 Å². The first-order valence-electron chi connectivity index (χ1n) is 10.3. The van der Waals surface area contributed by atoms with E-state index in [-0.39, 0.29) is 24.9 Å². The molecule has 4 aromatic rings. The number of hydrogen-bond donors (Lipinski definition) is 0. The maximum atomic E-state index is 6.37. The average Bonchev–Trinajstić information content (AvgIpc) is 3.44. The molecular formula is C22H20ClN5O4. The van der Waals surface area contributed by atoms with Crippen molar-refractivity contribution in [1.29, 1.82) is 0 Å². The molecule has 6 rings (SSSR count). The second kappa shape index (κ2) is 7.35. The largest absolute Gasteiger partial charge is 0.489 e. The van der Waals surface area contributed by atoms with Crippen LogP contribution in [0, 0.1) is 0 Å². The minimum Gasteiger partial charge on any atom is -0.489 e. The number of pyridine rings is 2. The Balaban J connectivity index is 1.28. The van der Waals surface area contributed by atoms with E-state index in [1.54, 1.807) is 12.4 Å². The summed E-state index contributed by atoms with van der Waals surface area (Å²) in [5, 5.41) is 1.14. The SMILES string of the molecule is CC1(C)O[C@@H]2[C@H](O1)[C@@H](COc1cnc3cccnc3c1)O[C@H]2n1ccc2c(Cl)ncnc21. The van der Waals surface area contributed by atoms with Gasteiger partial charge in [0.25, 0.3) is 0 Å². The first-order valence-corrected chi connectivity index (χ1v) is 10.7. The van der Waals surface area contributed by atoms with Gasteiger partial charge < -0.3 is 23.5 Å². The number of hydrogen-bond acceptors (Lipinski definition) is 8. The second-order valence-electron chi connectivity index (χ2n) is 8.28. The van der Waals surface area contributed by atoms with E-state index in [4.69, 9.17) is 30.5 Å². The van der Waals surface area contributed by atoms with Crippen molar-refractivity contribution in [3.8, 4) is 5.75 Å². The minimum absolute atomic E-state index is 0.270. The molecule has 0 unspecified atom stereocenters. The zero-order valence-electron chi connectivity index (χ0n) is 17.4. The molecule has 0 aromatic carbocycles. The predicted molar refractivity (Wildman–Crippen MR) is 115 cm³/mol. The Morgan fingerprint density at radius 2 is 1.97 bits per heavy atom. The number of rotatable bonds is 4. The zero-order chi connectivity index (χ0) is 21.9. The van der Waals surface area contributed by atoms with Crippen molar-refractivity contribution in [3.05, 3.63) is 54.3 Å². The third-order valence-corrected chi connectivity index (χ3v) is 6.00. The number of fused-ring (bicyclic) bond motifs is 3. The van der Waals surface area contributed by atoms with Crippen LogP contribution in [0.3, 0.4) is 0 Å². The first kappa shape index (κ1) is 19.8. The van der Waals surface area contributed by atoms with Gasteiger partial charge in [-0.05, 0) is 32.0 Å². The molecule has 32 heavy (non-hydrogen) atoms. The highest BCUT2D eigenvalue weighted by Crippen LogP contribution is 2.44. The second-order valence-corrected chi connectivity index (χ2v) is 8.64. The van der Waals surface area contributed by atoms with Crippen LogP contribution in [0.25, 0.3) is 22.1 Å². The van der Waals surface area contributed by atoms with Crippen molar-refractivity contribution >= 4 is 33.7 Å². The lowest BCUT2D eigenvalue weighted by molar-refractivity contribution is -0.198. The topological polar surface area (TPSA) is 93.4 Å². The quantitative estimate of drug-likeness (QED) is 0.433. The molecule has 2 saturated heterocycles. The lowest BCUT2D eigenvalue weighted by Gasteiger charge is -2.25. The molecule has 0 radical (unpaired) electrons. The maximum Gasteiger partial charge on any atom is 0.164 e. The summed E-state index contributed by atoms with van der Waals surface area (Å²) in [5.74, 6) is -0.122. The van der Waals surface area contributed by atoms with E-state index in [1.165, 1.54) is 6.33 Å². The van der Waals surface area contributed by atoms with E-state index >= 15 is 0 Å². The van der Waals surface area contributed by atoms with Crippen LogP contribution in [-0.4, -0.2) is 55.2 Å². The molecule has 0 bridgehead atoms. The van der Waals surface area contributed by atoms with Crippen molar-refractivity contribution in [2.24, 2.45) is 0 Å². The van der Waals surface area contributed by atoms with Gasteiger partial charge >= 0.3 is 0 Å². The van der Waals surface area contributed by atoms with Gasteiger partial charge in [-0.3, -0.25) is 9.97 Å². The molecule has 10 heteroatoms. The lowest BCUT2D eigenvalue weighted by atomic mass is 10.1. The van der Waals surface area contributed by atoms with E-state index in [0.29, 0.717) is 16.5 Å². The number of ether oxygens (including phenoxy) is 4. The van der Waals surface area contributed by atoms with E-state index in [9.17, 15) is 0 Å². The van der Waals surface area contributed by atoms with Crippen LogP contribution < -0.4 is 4.74 Å². The molecule has 2 fully saturated rings. The molecule has 6 heterocycles. The molecule has 9 nitrogen and oxygen atoms in total. The summed E-state index contributed by atoms with van der Waals surface area (Å²) in [7, 11) is 0. The van der Waals surface area contributed by atoms with Crippen molar-refractivity contribution in [3.63, 3.8) is 0 Å². The fraction of sp³-hybridized carbons (Fsp3) is 0.364. The Bertz CT molecular complexity index is 1310. The first-order chi connectivity index (χ1) is 15.5.